The van der Waals surface area contributed by atoms with E-state index in [-0.39, 0.29) is 11.2 Å². The predicted octanol–water partition coefficient (Wildman–Crippen LogP) is 5.72. The normalized spacial score (nSPS) is 11.3. The first kappa shape index (κ1) is 20.8. The highest BCUT2D eigenvalue weighted by Gasteiger charge is 2.17. The summed E-state index contributed by atoms with van der Waals surface area (Å²) in [5.74, 6) is 0.955. The molecule has 1 aromatic heterocycles. The van der Waals surface area contributed by atoms with Crippen LogP contribution in [0.5, 0.6) is 5.75 Å². The minimum Gasteiger partial charge on any atom is -0.496 e. The van der Waals surface area contributed by atoms with Gasteiger partial charge in [-0.1, -0.05) is 57.2 Å². The SMILES string of the molecule is COc1ccc(C(C)(C)C)cc1CC(=O)Cc1ccc(-c2ccnc(C)c2)cc1. The molecule has 3 aromatic rings. The number of pyridine rings is 1. The molecule has 0 spiro atoms. The Morgan fingerprint density at radius 2 is 1.66 bits per heavy atom. The van der Waals surface area contributed by atoms with Crippen LogP contribution in [-0.4, -0.2) is 17.9 Å². The summed E-state index contributed by atoms with van der Waals surface area (Å²) in [6.45, 7) is 8.50. The van der Waals surface area contributed by atoms with Crippen molar-refractivity contribution in [3.8, 4) is 16.9 Å². The lowest BCUT2D eigenvalue weighted by molar-refractivity contribution is -0.117. The second-order valence-electron chi connectivity index (χ2n) is 8.55. The van der Waals surface area contributed by atoms with Gasteiger partial charge in [-0.05, 0) is 52.8 Å². The van der Waals surface area contributed by atoms with Crippen molar-refractivity contribution in [2.75, 3.05) is 7.11 Å². The molecule has 0 bridgehead atoms. The van der Waals surface area contributed by atoms with Gasteiger partial charge in [0, 0.05) is 30.3 Å². The molecule has 150 valence electrons. The maximum absolute atomic E-state index is 12.7. The zero-order valence-electron chi connectivity index (χ0n) is 18.0. The number of carbonyl (C=O) groups is 1. The van der Waals surface area contributed by atoms with Crippen molar-refractivity contribution in [3.05, 3.63) is 83.2 Å². The van der Waals surface area contributed by atoms with Gasteiger partial charge in [-0.2, -0.15) is 0 Å². The largest absolute Gasteiger partial charge is 0.496 e. The Kier molecular flexibility index (Phi) is 6.17. The molecule has 3 heteroatoms. The standard InChI is InChI=1S/C26H29NO2/c1-18-14-21(12-13-27-18)20-8-6-19(7-9-20)15-24(28)17-22-16-23(26(2,3)4)10-11-25(22)29-5/h6-14,16H,15,17H2,1-5H3. The van der Waals surface area contributed by atoms with Crippen LogP contribution in [0.15, 0.2) is 60.8 Å². The van der Waals surface area contributed by atoms with Crippen LogP contribution in [0.3, 0.4) is 0 Å². The van der Waals surface area contributed by atoms with E-state index in [2.05, 4.69) is 56.1 Å². The number of hydrogen-bond acceptors (Lipinski definition) is 3. The van der Waals surface area contributed by atoms with Crippen LogP contribution < -0.4 is 4.74 Å². The molecule has 3 rings (SSSR count). The Morgan fingerprint density at radius 3 is 2.28 bits per heavy atom. The van der Waals surface area contributed by atoms with Gasteiger partial charge in [-0.15, -0.1) is 0 Å². The first-order valence-corrected chi connectivity index (χ1v) is 9.97. The molecular formula is C26H29NO2. The molecule has 0 saturated heterocycles. The Balaban J connectivity index is 1.72. The van der Waals surface area contributed by atoms with Crippen molar-refractivity contribution < 1.29 is 9.53 Å². The van der Waals surface area contributed by atoms with E-state index in [0.717, 1.165) is 33.7 Å². The van der Waals surface area contributed by atoms with E-state index in [1.54, 1.807) is 7.11 Å². The molecule has 2 aromatic carbocycles. The van der Waals surface area contributed by atoms with E-state index >= 15 is 0 Å². The summed E-state index contributed by atoms with van der Waals surface area (Å²) in [6.07, 6.45) is 2.61. The number of hydrogen-bond donors (Lipinski definition) is 0. The number of ketones is 1. The molecule has 0 aliphatic rings. The highest BCUT2D eigenvalue weighted by atomic mass is 16.5. The zero-order valence-corrected chi connectivity index (χ0v) is 18.0. The number of nitrogens with zero attached hydrogens (tertiary/aromatic N) is 1. The summed E-state index contributed by atoms with van der Waals surface area (Å²) in [4.78, 5) is 17.0. The van der Waals surface area contributed by atoms with E-state index in [4.69, 9.17) is 4.74 Å². The number of rotatable bonds is 6. The minimum atomic E-state index is 0.0329. The average molecular weight is 388 g/mol. The zero-order chi connectivity index (χ0) is 21.0. The van der Waals surface area contributed by atoms with Gasteiger partial charge in [-0.25, -0.2) is 0 Å². The maximum Gasteiger partial charge on any atom is 0.141 e. The smallest absolute Gasteiger partial charge is 0.141 e. The summed E-state index contributed by atoms with van der Waals surface area (Å²) >= 11 is 0. The van der Waals surface area contributed by atoms with E-state index < -0.39 is 0 Å². The molecule has 0 unspecified atom stereocenters. The second kappa shape index (κ2) is 8.60. The van der Waals surface area contributed by atoms with Gasteiger partial charge in [0.05, 0.1) is 7.11 Å². The highest BCUT2D eigenvalue weighted by Crippen LogP contribution is 2.28. The fourth-order valence-corrected chi connectivity index (χ4v) is 3.43. The van der Waals surface area contributed by atoms with Crippen molar-refractivity contribution in [2.24, 2.45) is 0 Å². The lowest BCUT2D eigenvalue weighted by Crippen LogP contribution is -2.13. The van der Waals surface area contributed by atoms with Gasteiger partial charge in [0.15, 0.2) is 0 Å². The number of benzene rings is 2. The van der Waals surface area contributed by atoms with Crippen molar-refractivity contribution in [1.82, 2.24) is 4.98 Å². The minimum absolute atomic E-state index is 0.0329. The number of aromatic nitrogens is 1. The number of methoxy groups -OCH3 is 1. The van der Waals surface area contributed by atoms with Gasteiger partial charge < -0.3 is 4.74 Å². The van der Waals surface area contributed by atoms with Crippen LogP contribution in [-0.2, 0) is 23.1 Å². The Labute approximate surface area is 173 Å². The van der Waals surface area contributed by atoms with Crippen LogP contribution in [0.25, 0.3) is 11.1 Å². The quantitative estimate of drug-likeness (QED) is 0.543. The van der Waals surface area contributed by atoms with E-state index in [9.17, 15) is 4.79 Å². The van der Waals surface area contributed by atoms with Gasteiger partial charge in [0.25, 0.3) is 0 Å². The number of aryl methyl sites for hydroxylation is 1. The monoisotopic (exact) mass is 387 g/mol. The molecule has 0 fully saturated rings. The summed E-state index contributed by atoms with van der Waals surface area (Å²) in [5, 5.41) is 0. The third kappa shape index (κ3) is 5.32. The van der Waals surface area contributed by atoms with Crippen LogP contribution in [0.1, 0.15) is 43.2 Å². The molecule has 0 radical (unpaired) electrons. The third-order valence-electron chi connectivity index (χ3n) is 5.12. The first-order valence-electron chi connectivity index (χ1n) is 9.97. The van der Waals surface area contributed by atoms with Gasteiger partial charge >= 0.3 is 0 Å². The molecular weight excluding hydrogens is 358 g/mol. The van der Waals surface area contributed by atoms with Gasteiger partial charge in [0.1, 0.15) is 11.5 Å². The molecule has 0 aliphatic heterocycles. The third-order valence-corrected chi connectivity index (χ3v) is 5.12. The van der Waals surface area contributed by atoms with Crippen molar-refractivity contribution in [3.63, 3.8) is 0 Å². The summed E-state index contributed by atoms with van der Waals surface area (Å²) in [6, 6.07) is 18.4. The first-order chi connectivity index (χ1) is 13.8. The molecule has 0 aliphatic carbocycles. The Hall–Kier alpha value is -2.94. The second-order valence-corrected chi connectivity index (χ2v) is 8.55. The number of carbonyl (C=O) groups excluding carboxylic acids is 1. The Bertz CT molecular complexity index is 998. The molecule has 1 heterocycles. The van der Waals surface area contributed by atoms with E-state index in [1.165, 1.54) is 5.56 Å². The summed E-state index contributed by atoms with van der Waals surface area (Å²) in [5.41, 5.74) is 6.48. The van der Waals surface area contributed by atoms with Crippen LogP contribution in [0, 0.1) is 6.92 Å². The van der Waals surface area contributed by atoms with Crippen LogP contribution in [0.2, 0.25) is 0 Å². The predicted molar refractivity (Wildman–Crippen MR) is 119 cm³/mol. The van der Waals surface area contributed by atoms with Crippen molar-refractivity contribution >= 4 is 5.78 Å². The van der Waals surface area contributed by atoms with Crippen LogP contribution >= 0.6 is 0 Å². The Morgan fingerprint density at radius 1 is 0.931 bits per heavy atom. The number of ether oxygens (including phenoxy) is 1. The van der Waals surface area contributed by atoms with E-state index in [0.29, 0.717) is 12.8 Å². The fraction of sp³-hybridized carbons (Fsp3) is 0.308. The molecule has 29 heavy (non-hydrogen) atoms. The van der Waals surface area contributed by atoms with Gasteiger partial charge in [-0.3, -0.25) is 9.78 Å². The van der Waals surface area contributed by atoms with E-state index in [1.807, 2.05) is 37.4 Å². The van der Waals surface area contributed by atoms with Gasteiger partial charge in [0.2, 0.25) is 0 Å². The van der Waals surface area contributed by atoms with Crippen LogP contribution in [0.4, 0.5) is 0 Å². The summed E-state index contributed by atoms with van der Waals surface area (Å²) in [7, 11) is 1.65. The average Bonchev–Trinajstić information content (AvgIpc) is 2.67. The van der Waals surface area contributed by atoms with Crippen molar-refractivity contribution in [1.29, 1.82) is 0 Å². The molecule has 0 N–H and O–H groups in total. The summed E-state index contributed by atoms with van der Waals surface area (Å²) < 4.78 is 5.48. The number of Topliss-reactive ketones (excluding diaryl/α,β-unsaturated/α-hetero) is 1. The lowest BCUT2D eigenvalue weighted by atomic mass is 9.85. The lowest BCUT2D eigenvalue weighted by Gasteiger charge is -2.21. The maximum atomic E-state index is 12.7. The van der Waals surface area contributed by atoms with Crippen molar-refractivity contribution in [2.45, 2.75) is 46.0 Å². The molecule has 0 saturated carbocycles. The molecule has 3 nitrogen and oxygen atoms in total. The topological polar surface area (TPSA) is 39.2 Å². The molecule has 0 atom stereocenters. The highest BCUT2D eigenvalue weighted by molar-refractivity contribution is 5.84. The fourth-order valence-electron chi connectivity index (χ4n) is 3.43. The molecule has 0 amide bonds.